The second-order valence-electron chi connectivity index (χ2n) is 8.89. The van der Waals surface area contributed by atoms with E-state index in [1.54, 1.807) is 0 Å². The third kappa shape index (κ3) is 3.73. The minimum Gasteiger partial charge on any atom is -0.368 e. The Bertz CT molecular complexity index is 1560. The maximum Gasteiger partial charge on any atom is 0.124 e. The monoisotopic (exact) mass is 470 g/mol. The number of ether oxygens (including phenoxy) is 1. The molecule has 6 rings (SSSR count). The van der Waals surface area contributed by atoms with Crippen molar-refractivity contribution in [3.05, 3.63) is 143 Å². The van der Waals surface area contributed by atoms with E-state index in [9.17, 15) is 0 Å². The van der Waals surface area contributed by atoms with Crippen molar-refractivity contribution in [2.24, 2.45) is 0 Å². The Morgan fingerprint density at radius 1 is 0.629 bits per heavy atom. The van der Waals surface area contributed by atoms with Gasteiger partial charge in [0.1, 0.15) is 5.34 Å². The quantitative estimate of drug-likeness (QED) is 0.300. The molecule has 1 nitrogen and oxygen atoms in total. The number of hydrogen-bond donors (Lipinski definition) is 0. The number of methoxy groups -OCH3 is 1. The molecule has 0 bridgehead atoms. The highest BCUT2D eigenvalue weighted by molar-refractivity contribution is 7.74. The van der Waals surface area contributed by atoms with Gasteiger partial charge in [0, 0.05) is 19.1 Å². The fourth-order valence-corrected chi connectivity index (χ4v) is 8.46. The van der Waals surface area contributed by atoms with Crippen LogP contribution in [0.5, 0.6) is 0 Å². The first-order valence-electron chi connectivity index (χ1n) is 12.1. The number of hydrogen-bond acceptors (Lipinski definition) is 1. The van der Waals surface area contributed by atoms with Crippen molar-refractivity contribution in [2.45, 2.75) is 11.8 Å². The predicted molar refractivity (Wildman–Crippen MR) is 150 cm³/mol. The summed E-state index contributed by atoms with van der Waals surface area (Å²) in [6, 6.07) is 46.0. The fraction of sp³-hybridized carbons (Fsp3) is 0.0909. The summed E-state index contributed by atoms with van der Waals surface area (Å²) >= 11 is 0. The number of fused-ring (bicyclic) bond motifs is 2. The maximum absolute atomic E-state index is 6.78. The van der Waals surface area contributed by atoms with E-state index in [0.29, 0.717) is 0 Å². The summed E-state index contributed by atoms with van der Waals surface area (Å²) in [5.41, 5.74) is 2.54. The van der Waals surface area contributed by atoms with E-state index in [-0.39, 0.29) is 0 Å². The fourth-order valence-electron chi connectivity index (χ4n) is 5.46. The van der Waals surface area contributed by atoms with Crippen LogP contribution in [0, 0.1) is 0 Å². The highest BCUT2D eigenvalue weighted by Crippen LogP contribution is 2.57. The number of rotatable bonds is 5. The molecule has 0 unspecified atom stereocenters. The van der Waals surface area contributed by atoms with Crippen molar-refractivity contribution in [1.82, 2.24) is 0 Å². The first-order chi connectivity index (χ1) is 17.3. The lowest BCUT2D eigenvalue weighted by Gasteiger charge is -2.44. The van der Waals surface area contributed by atoms with Crippen molar-refractivity contribution in [3.8, 4) is 0 Å². The van der Waals surface area contributed by atoms with Gasteiger partial charge in [-0.2, -0.15) is 0 Å². The second-order valence-corrected chi connectivity index (χ2v) is 11.3. The van der Waals surface area contributed by atoms with Crippen LogP contribution in [0.15, 0.2) is 127 Å². The van der Waals surface area contributed by atoms with E-state index >= 15 is 0 Å². The molecular formula is C33H27OP. The highest BCUT2D eigenvalue weighted by Gasteiger charge is 2.45. The van der Waals surface area contributed by atoms with E-state index in [1.807, 2.05) is 7.11 Å². The minimum absolute atomic E-state index is 0.517. The standard InChI is InChI=1S/C33H27OP/c1-34-33(35(27-16-4-2-5-17-27)28-18-6-3-7-19-28)24-23-26-14-9-11-21-30(26)32(33)31-22-12-15-25-13-8-10-20-29(25)31/h2-23H,24H2,1H3/t33-/m0/s1. The van der Waals surface area contributed by atoms with Crippen LogP contribution in [-0.4, -0.2) is 12.5 Å². The van der Waals surface area contributed by atoms with Gasteiger partial charge in [-0.25, -0.2) is 0 Å². The molecule has 5 aromatic carbocycles. The smallest absolute Gasteiger partial charge is 0.124 e. The van der Waals surface area contributed by atoms with Crippen LogP contribution in [-0.2, 0) is 4.74 Å². The van der Waals surface area contributed by atoms with Crippen molar-refractivity contribution < 1.29 is 4.74 Å². The van der Waals surface area contributed by atoms with Gasteiger partial charge in [-0.15, -0.1) is 0 Å². The van der Waals surface area contributed by atoms with Crippen molar-refractivity contribution in [2.75, 3.05) is 7.11 Å². The predicted octanol–water partition coefficient (Wildman–Crippen LogP) is 5.70. The molecule has 0 spiro atoms. The Kier molecular flexibility index (Phi) is 5.82. The molecule has 170 valence electrons. The average molecular weight is 471 g/mol. The largest absolute Gasteiger partial charge is 0.368 e. The normalized spacial score (nSPS) is 17.3. The van der Waals surface area contributed by atoms with Crippen LogP contribution in [0.1, 0.15) is 12.0 Å². The third-order valence-electron chi connectivity index (χ3n) is 7.01. The van der Waals surface area contributed by atoms with Crippen LogP contribution < -0.4 is 21.0 Å². The van der Waals surface area contributed by atoms with Gasteiger partial charge in [0.2, 0.25) is 0 Å². The molecule has 35 heavy (non-hydrogen) atoms. The zero-order valence-corrected chi connectivity index (χ0v) is 20.7. The SMILES string of the molecule is CO[C@]1(P(c2ccccc2)c2ccccc2)CC=c2ccccc2=C1c1cccc2ccccc12. The Balaban J connectivity index is 1.75. The van der Waals surface area contributed by atoms with Crippen LogP contribution in [0.4, 0.5) is 0 Å². The lowest BCUT2D eigenvalue weighted by Crippen LogP contribution is -2.46. The van der Waals surface area contributed by atoms with Gasteiger partial charge in [0.05, 0.1) is 0 Å². The Morgan fingerprint density at radius 2 is 1.23 bits per heavy atom. The lowest BCUT2D eigenvalue weighted by molar-refractivity contribution is 0.120. The summed E-state index contributed by atoms with van der Waals surface area (Å²) in [4.78, 5) is 0. The lowest BCUT2D eigenvalue weighted by atomic mass is 9.87. The number of benzene rings is 5. The van der Waals surface area contributed by atoms with Gasteiger partial charge in [-0.1, -0.05) is 133 Å². The van der Waals surface area contributed by atoms with Gasteiger partial charge >= 0.3 is 0 Å². The average Bonchev–Trinajstić information content (AvgIpc) is 2.94. The maximum atomic E-state index is 6.78. The third-order valence-corrected chi connectivity index (χ3v) is 9.95. The zero-order valence-electron chi connectivity index (χ0n) is 19.8. The molecule has 0 aliphatic heterocycles. The van der Waals surface area contributed by atoms with Crippen LogP contribution in [0.3, 0.4) is 0 Å². The molecule has 1 aliphatic rings. The van der Waals surface area contributed by atoms with E-state index in [0.717, 1.165) is 6.42 Å². The molecule has 1 aliphatic carbocycles. The molecule has 0 fully saturated rings. The topological polar surface area (TPSA) is 9.23 Å². The summed E-state index contributed by atoms with van der Waals surface area (Å²) < 4.78 is 6.78. The van der Waals surface area contributed by atoms with E-state index in [1.165, 1.54) is 43.0 Å². The Morgan fingerprint density at radius 3 is 1.94 bits per heavy atom. The van der Waals surface area contributed by atoms with Crippen LogP contribution >= 0.6 is 7.92 Å². The van der Waals surface area contributed by atoms with E-state index < -0.39 is 13.3 Å². The molecule has 0 radical (unpaired) electrons. The van der Waals surface area contributed by atoms with Gasteiger partial charge < -0.3 is 4.74 Å². The van der Waals surface area contributed by atoms with E-state index in [4.69, 9.17) is 4.74 Å². The molecule has 0 saturated carbocycles. The van der Waals surface area contributed by atoms with Gasteiger partial charge in [-0.3, -0.25) is 0 Å². The van der Waals surface area contributed by atoms with Crippen molar-refractivity contribution >= 4 is 41.0 Å². The van der Waals surface area contributed by atoms with Crippen LogP contribution in [0.25, 0.3) is 22.4 Å². The molecule has 0 saturated heterocycles. The molecule has 0 heterocycles. The Hall–Kier alpha value is -3.51. The highest BCUT2D eigenvalue weighted by atomic mass is 31.1. The van der Waals surface area contributed by atoms with Crippen molar-refractivity contribution in [1.29, 1.82) is 0 Å². The molecule has 0 N–H and O–H groups in total. The summed E-state index contributed by atoms with van der Waals surface area (Å²) in [6.45, 7) is 0. The van der Waals surface area contributed by atoms with Gasteiger partial charge in [0.25, 0.3) is 0 Å². The Labute approximate surface area is 207 Å². The van der Waals surface area contributed by atoms with Crippen molar-refractivity contribution in [3.63, 3.8) is 0 Å². The van der Waals surface area contributed by atoms with Crippen LogP contribution in [0.2, 0.25) is 0 Å². The summed E-state index contributed by atoms with van der Waals surface area (Å²) in [5.74, 6) is 0. The van der Waals surface area contributed by atoms with Gasteiger partial charge in [0.15, 0.2) is 0 Å². The zero-order chi connectivity index (χ0) is 23.7. The summed E-state index contributed by atoms with van der Waals surface area (Å²) in [5, 5.41) is 7.17. The minimum atomic E-state index is -0.887. The summed E-state index contributed by atoms with van der Waals surface area (Å²) in [6.07, 6.45) is 3.18. The second kappa shape index (κ2) is 9.27. The molecule has 1 atom stereocenters. The molecule has 0 amide bonds. The molecule has 5 aromatic rings. The first-order valence-corrected chi connectivity index (χ1v) is 13.4. The molecular weight excluding hydrogens is 443 g/mol. The van der Waals surface area contributed by atoms with Gasteiger partial charge in [-0.05, 0) is 45.3 Å². The summed E-state index contributed by atoms with van der Waals surface area (Å²) in [7, 11) is 1.01. The molecule has 2 heteroatoms. The first kappa shape index (κ1) is 22.0. The van der Waals surface area contributed by atoms with E-state index in [2.05, 4.69) is 133 Å². The molecule has 0 aromatic heterocycles.